The highest BCUT2D eigenvalue weighted by atomic mass is 32.2. The topological polar surface area (TPSA) is 88.1 Å². The van der Waals surface area contributed by atoms with Gasteiger partial charge in [-0.2, -0.15) is 18.2 Å². The Hall–Kier alpha value is -2.85. The van der Waals surface area contributed by atoms with E-state index in [1.165, 1.54) is 59.1 Å². The lowest BCUT2D eigenvalue weighted by molar-refractivity contribution is -0.0498. The van der Waals surface area contributed by atoms with Gasteiger partial charge in [0.05, 0.1) is 11.1 Å². The number of nitrogens with zero attached hydrogens (tertiary/aromatic N) is 2. The molecule has 0 heterocycles. The number of carbonyl (C=O) groups excluding carboxylic acids is 1. The zero-order chi connectivity index (χ0) is 21.4. The molecule has 0 aliphatic rings. The number of rotatable bonds is 9. The number of amides is 1. The minimum Gasteiger partial charge on any atom is -0.435 e. The van der Waals surface area contributed by atoms with E-state index in [1.54, 1.807) is 13.8 Å². The predicted octanol–water partition coefficient (Wildman–Crippen LogP) is 3.08. The summed E-state index contributed by atoms with van der Waals surface area (Å²) in [5.41, 5.74) is 2.98. The monoisotopic (exact) mass is 425 g/mol. The lowest BCUT2D eigenvalue weighted by atomic mass is 10.2. The summed E-state index contributed by atoms with van der Waals surface area (Å²) >= 11 is 0. The van der Waals surface area contributed by atoms with Gasteiger partial charge < -0.3 is 4.74 Å². The molecule has 29 heavy (non-hydrogen) atoms. The molecule has 0 atom stereocenters. The molecule has 0 radical (unpaired) electrons. The van der Waals surface area contributed by atoms with Crippen molar-refractivity contribution in [3.05, 3.63) is 59.7 Å². The Labute approximate surface area is 168 Å². The number of carbonyl (C=O) groups is 1. The molecule has 2 aromatic rings. The fourth-order valence-corrected chi connectivity index (χ4v) is 3.98. The molecule has 0 aliphatic heterocycles. The summed E-state index contributed by atoms with van der Waals surface area (Å²) in [4.78, 5) is 12.3. The molecular weight excluding hydrogens is 404 g/mol. The van der Waals surface area contributed by atoms with E-state index in [-0.39, 0.29) is 16.2 Å². The van der Waals surface area contributed by atoms with Crippen LogP contribution in [-0.4, -0.2) is 44.5 Å². The molecule has 0 unspecified atom stereocenters. The first-order chi connectivity index (χ1) is 13.8. The number of sulfonamides is 1. The SMILES string of the molecule is CCN(CC)S(=O)(=O)c1cccc(C(=O)N/N=C\c2ccc(OC(F)F)cc2)c1. The second-order valence-electron chi connectivity index (χ2n) is 5.76. The number of hydrazone groups is 1. The fourth-order valence-electron chi connectivity index (χ4n) is 2.48. The summed E-state index contributed by atoms with van der Waals surface area (Å²) in [6.45, 7) is 1.20. The van der Waals surface area contributed by atoms with E-state index in [1.807, 2.05) is 0 Å². The zero-order valence-corrected chi connectivity index (χ0v) is 16.7. The highest BCUT2D eigenvalue weighted by molar-refractivity contribution is 7.89. The molecule has 0 fully saturated rings. The maximum Gasteiger partial charge on any atom is 0.387 e. The number of benzene rings is 2. The van der Waals surface area contributed by atoms with Crippen LogP contribution >= 0.6 is 0 Å². The third-order valence-corrected chi connectivity index (χ3v) is 5.97. The lowest BCUT2D eigenvalue weighted by Crippen LogP contribution is -2.30. The first kappa shape index (κ1) is 22.4. The minimum atomic E-state index is -3.68. The van der Waals surface area contributed by atoms with Crippen LogP contribution in [-0.2, 0) is 10.0 Å². The summed E-state index contributed by atoms with van der Waals surface area (Å²) in [7, 11) is -3.68. The van der Waals surface area contributed by atoms with Crippen molar-refractivity contribution < 1.29 is 26.7 Å². The molecule has 2 aromatic carbocycles. The van der Waals surface area contributed by atoms with Crippen LogP contribution in [0.15, 0.2) is 58.5 Å². The molecule has 0 saturated carbocycles. The normalized spacial score (nSPS) is 11.9. The van der Waals surface area contributed by atoms with Crippen molar-refractivity contribution in [3.8, 4) is 5.75 Å². The van der Waals surface area contributed by atoms with Gasteiger partial charge in [0.1, 0.15) is 5.75 Å². The van der Waals surface area contributed by atoms with Crippen molar-refractivity contribution in [2.75, 3.05) is 13.1 Å². The van der Waals surface area contributed by atoms with E-state index >= 15 is 0 Å². The fraction of sp³-hybridized carbons (Fsp3) is 0.263. The summed E-state index contributed by atoms with van der Waals surface area (Å²) in [5.74, 6) is -0.581. The van der Waals surface area contributed by atoms with Crippen molar-refractivity contribution in [3.63, 3.8) is 0 Å². The molecule has 0 aliphatic carbocycles. The van der Waals surface area contributed by atoms with Crippen LogP contribution in [0, 0.1) is 0 Å². The summed E-state index contributed by atoms with van der Waals surface area (Å²) in [6.07, 6.45) is 1.32. The third kappa shape index (κ3) is 6.06. The third-order valence-electron chi connectivity index (χ3n) is 3.92. The Morgan fingerprint density at radius 1 is 1.17 bits per heavy atom. The van der Waals surface area contributed by atoms with Crippen molar-refractivity contribution in [1.82, 2.24) is 9.73 Å². The van der Waals surface area contributed by atoms with Crippen molar-refractivity contribution in [1.29, 1.82) is 0 Å². The lowest BCUT2D eigenvalue weighted by Gasteiger charge is -2.18. The van der Waals surface area contributed by atoms with Crippen molar-refractivity contribution >= 4 is 22.1 Å². The Bertz CT molecular complexity index is 960. The van der Waals surface area contributed by atoms with Crippen molar-refractivity contribution in [2.45, 2.75) is 25.4 Å². The molecule has 7 nitrogen and oxygen atoms in total. The molecule has 2 rings (SSSR count). The van der Waals surface area contributed by atoms with Gasteiger partial charge in [0.15, 0.2) is 0 Å². The molecule has 10 heteroatoms. The van der Waals surface area contributed by atoms with Crippen LogP contribution in [0.1, 0.15) is 29.8 Å². The van der Waals surface area contributed by atoms with Gasteiger partial charge in [0.2, 0.25) is 10.0 Å². The predicted molar refractivity (Wildman–Crippen MR) is 105 cm³/mol. The van der Waals surface area contributed by atoms with E-state index in [2.05, 4.69) is 15.3 Å². The summed E-state index contributed by atoms with van der Waals surface area (Å²) < 4.78 is 54.9. The molecule has 1 amide bonds. The van der Waals surface area contributed by atoms with Gasteiger partial charge >= 0.3 is 6.61 Å². The molecule has 0 bridgehead atoms. The van der Waals surface area contributed by atoms with Crippen LogP contribution in [0.25, 0.3) is 0 Å². The Balaban J connectivity index is 2.07. The van der Waals surface area contributed by atoms with Gasteiger partial charge in [0.25, 0.3) is 5.91 Å². The summed E-state index contributed by atoms with van der Waals surface area (Å²) in [5, 5.41) is 3.79. The largest absolute Gasteiger partial charge is 0.435 e. The number of alkyl halides is 2. The number of ether oxygens (including phenoxy) is 1. The van der Waals surface area contributed by atoms with Crippen LogP contribution in [0.3, 0.4) is 0 Å². The highest BCUT2D eigenvalue weighted by Crippen LogP contribution is 2.17. The van der Waals surface area contributed by atoms with E-state index in [4.69, 9.17) is 0 Å². The van der Waals surface area contributed by atoms with Crippen LogP contribution in [0.5, 0.6) is 5.75 Å². The van der Waals surface area contributed by atoms with Crippen LogP contribution in [0.4, 0.5) is 8.78 Å². The first-order valence-corrected chi connectivity index (χ1v) is 10.2. The number of halogens is 2. The van der Waals surface area contributed by atoms with E-state index in [0.29, 0.717) is 18.7 Å². The molecule has 0 saturated heterocycles. The van der Waals surface area contributed by atoms with Gasteiger partial charge in [-0.3, -0.25) is 4.79 Å². The van der Waals surface area contributed by atoms with Gasteiger partial charge in [-0.1, -0.05) is 19.9 Å². The molecule has 0 aromatic heterocycles. The Morgan fingerprint density at radius 3 is 2.41 bits per heavy atom. The first-order valence-electron chi connectivity index (χ1n) is 8.76. The van der Waals surface area contributed by atoms with Gasteiger partial charge in [-0.15, -0.1) is 0 Å². The maximum atomic E-state index is 12.6. The van der Waals surface area contributed by atoms with Gasteiger partial charge in [-0.25, -0.2) is 13.8 Å². The molecule has 0 spiro atoms. The van der Waals surface area contributed by atoms with E-state index in [0.717, 1.165) is 0 Å². The summed E-state index contributed by atoms with van der Waals surface area (Å²) in [6, 6.07) is 11.3. The van der Waals surface area contributed by atoms with E-state index < -0.39 is 22.5 Å². The number of nitrogens with one attached hydrogen (secondary N) is 1. The van der Waals surface area contributed by atoms with Crippen LogP contribution in [0.2, 0.25) is 0 Å². The Morgan fingerprint density at radius 2 is 1.83 bits per heavy atom. The van der Waals surface area contributed by atoms with Gasteiger partial charge in [-0.05, 0) is 48.0 Å². The quantitative estimate of drug-likeness (QED) is 0.494. The van der Waals surface area contributed by atoms with Crippen molar-refractivity contribution in [2.24, 2.45) is 5.10 Å². The van der Waals surface area contributed by atoms with Crippen LogP contribution < -0.4 is 10.2 Å². The standard InChI is InChI=1S/C19H21F2N3O4S/c1-3-24(4-2)29(26,27)17-7-5-6-15(12-17)18(25)23-22-13-14-8-10-16(11-9-14)28-19(20)21/h5-13,19H,3-4H2,1-2H3,(H,23,25)/b22-13-. The minimum absolute atomic E-state index is 0.00686. The average Bonchev–Trinajstić information content (AvgIpc) is 2.69. The Kier molecular flexibility index (Phi) is 7.80. The molecule has 156 valence electrons. The second-order valence-corrected chi connectivity index (χ2v) is 7.70. The smallest absolute Gasteiger partial charge is 0.387 e. The molecular formula is C19H21F2N3O4S. The van der Waals surface area contributed by atoms with Gasteiger partial charge in [0, 0.05) is 18.7 Å². The maximum absolute atomic E-state index is 12.6. The zero-order valence-electron chi connectivity index (χ0n) is 15.9. The number of hydrogen-bond donors (Lipinski definition) is 1. The highest BCUT2D eigenvalue weighted by Gasteiger charge is 2.22. The molecule has 1 N–H and O–H groups in total. The number of hydrogen-bond acceptors (Lipinski definition) is 5. The second kappa shape index (κ2) is 10.1. The van der Waals surface area contributed by atoms with E-state index in [9.17, 15) is 22.0 Å². The average molecular weight is 425 g/mol.